The minimum Gasteiger partial charge on any atom is -0.355 e. The maximum Gasteiger partial charge on any atom is 0.401 e. The molecule has 59 heavy (non-hydrogen) atoms. The zero-order valence-electron chi connectivity index (χ0n) is 31.8. The van der Waals surface area contributed by atoms with Crippen molar-refractivity contribution in [2.24, 2.45) is 0 Å². The van der Waals surface area contributed by atoms with E-state index in [2.05, 4.69) is 37.6 Å². The average Bonchev–Trinajstić information content (AvgIpc) is 3.63. The summed E-state index contributed by atoms with van der Waals surface area (Å²) in [7, 11) is -2.45. The number of amides is 1. The number of anilines is 1. The van der Waals surface area contributed by atoms with E-state index in [9.17, 15) is 36.4 Å². The normalized spacial score (nSPS) is 13.9. The van der Waals surface area contributed by atoms with Gasteiger partial charge in [-0.25, -0.2) is 23.1 Å². The number of pyridine rings is 2. The fraction of sp³-hybridized carbons (Fsp3) is 0.268. The van der Waals surface area contributed by atoms with Crippen LogP contribution in [0, 0.1) is 37.0 Å². The van der Waals surface area contributed by atoms with Gasteiger partial charge in [-0.05, 0) is 62.6 Å². The monoisotopic (exact) mass is 858 g/mol. The molecule has 6 aromatic rings. The maximum absolute atomic E-state index is 14.1. The first-order valence-electron chi connectivity index (χ1n) is 18.2. The smallest absolute Gasteiger partial charge is 0.355 e. The Bertz CT molecular complexity index is 2930. The molecule has 0 bridgehead atoms. The number of hydrogen-bond acceptors (Lipinski definition) is 11. The molecule has 302 valence electrons. The number of halogens is 4. The summed E-state index contributed by atoms with van der Waals surface area (Å²) in [5.41, 5.74) is 2.36. The predicted octanol–water partition coefficient (Wildman–Crippen LogP) is 6.84. The van der Waals surface area contributed by atoms with Crippen LogP contribution in [0.2, 0.25) is 5.02 Å². The molecular formula is C41H34ClF3N8O4S2. The van der Waals surface area contributed by atoms with Crippen LogP contribution in [0.5, 0.6) is 0 Å². The largest absolute Gasteiger partial charge is 0.401 e. The fourth-order valence-electron chi connectivity index (χ4n) is 7.22. The molecule has 1 N–H and O–H groups in total. The molecule has 0 aliphatic carbocycles. The molecule has 1 amide bonds. The average molecular weight is 859 g/mol. The number of nitrogens with one attached hydrogen (secondary N) is 1. The molecule has 1 aliphatic rings. The number of sulfonamides is 1. The number of rotatable bonds is 8. The first kappa shape index (κ1) is 41.3. The number of hydrogen-bond donors (Lipinski definition) is 1. The Kier molecular flexibility index (Phi) is 11.5. The fourth-order valence-corrected chi connectivity index (χ4v) is 9.64. The van der Waals surface area contributed by atoms with Crippen molar-refractivity contribution < 1.29 is 26.4 Å². The maximum atomic E-state index is 14.1. The van der Waals surface area contributed by atoms with Crippen LogP contribution in [-0.2, 0) is 16.6 Å². The van der Waals surface area contributed by atoms with Crippen molar-refractivity contribution in [2.75, 3.05) is 31.6 Å². The molecule has 4 aromatic heterocycles. The molecular weight excluding hydrogens is 825 g/mol. The third-order valence-electron chi connectivity index (χ3n) is 10.2. The summed E-state index contributed by atoms with van der Waals surface area (Å²) in [6, 6.07) is 15.1. The number of thiophene rings is 1. The zero-order valence-corrected chi connectivity index (χ0v) is 34.2. The lowest BCUT2D eigenvalue weighted by molar-refractivity contribution is -0.147. The number of alkyl halides is 3. The van der Waals surface area contributed by atoms with Gasteiger partial charge in [-0.3, -0.25) is 24.0 Å². The number of piperidine rings is 1. The Balaban J connectivity index is 1.17. The zero-order chi connectivity index (χ0) is 42.2. The number of nitriles is 1. The minimum absolute atomic E-state index is 0.0141. The summed E-state index contributed by atoms with van der Waals surface area (Å²) in [5.74, 6) is 5.92. The van der Waals surface area contributed by atoms with E-state index in [0.717, 1.165) is 0 Å². The van der Waals surface area contributed by atoms with Gasteiger partial charge in [0.2, 0.25) is 0 Å². The Morgan fingerprint density at radius 3 is 2.56 bits per heavy atom. The summed E-state index contributed by atoms with van der Waals surface area (Å²) in [6.45, 7) is 2.65. The molecule has 5 heterocycles. The number of fused-ring (bicyclic) bond motifs is 2. The van der Waals surface area contributed by atoms with Crippen molar-refractivity contribution in [3.8, 4) is 29.0 Å². The van der Waals surface area contributed by atoms with Crippen molar-refractivity contribution in [2.45, 2.75) is 50.3 Å². The molecule has 0 atom stereocenters. The molecule has 2 aromatic carbocycles. The van der Waals surface area contributed by atoms with Crippen LogP contribution in [0.1, 0.15) is 45.7 Å². The number of likely N-dealkylation sites (tertiary alicyclic amines) is 1. The Morgan fingerprint density at radius 2 is 1.85 bits per heavy atom. The number of nitrogens with zero attached hydrogens (tertiary/aromatic N) is 7. The van der Waals surface area contributed by atoms with Gasteiger partial charge in [0, 0.05) is 59.5 Å². The predicted molar refractivity (Wildman–Crippen MR) is 220 cm³/mol. The van der Waals surface area contributed by atoms with Gasteiger partial charge in [-0.1, -0.05) is 41.6 Å². The lowest BCUT2D eigenvalue weighted by Crippen LogP contribution is -2.46. The van der Waals surface area contributed by atoms with Crippen molar-refractivity contribution >= 4 is 65.8 Å². The van der Waals surface area contributed by atoms with Crippen LogP contribution in [0.25, 0.3) is 32.2 Å². The highest BCUT2D eigenvalue weighted by atomic mass is 35.5. The van der Waals surface area contributed by atoms with Crippen LogP contribution < -0.4 is 15.2 Å². The second kappa shape index (κ2) is 16.4. The Morgan fingerprint density at radius 1 is 1.10 bits per heavy atom. The molecule has 0 unspecified atom stereocenters. The highest BCUT2D eigenvalue weighted by Gasteiger charge is 2.34. The van der Waals surface area contributed by atoms with E-state index in [0.29, 0.717) is 50.6 Å². The van der Waals surface area contributed by atoms with Gasteiger partial charge in [0.1, 0.15) is 23.3 Å². The quantitative estimate of drug-likeness (QED) is 0.161. The second-order valence-corrected chi connectivity index (χ2v) is 17.0. The third-order valence-corrected chi connectivity index (χ3v) is 12.9. The number of aryl methyl sites for hydroxylation is 2. The van der Waals surface area contributed by atoms with Crippen molar-refractivity contribution in [1.29, 1.82) is 5.26 Å². The van der Waals surface area contributed by atoms with E-state index in [-0.39, 0.29) is 63.9 Å². The first-order chi connectivity index (χ1) is 28.1. The Hall–Kier alpha value is -5.85. The number of carbonyl (C=O) groups excluding carboxylic acids is 1. The van der Waals surface area contributed by atoms with Gasteiger partial charge >= 0.3 is 6.18 Å². The van der Waals surface area contributed by atoms with Gasteiger partial charge in [0.25, 0.3) is 21.5 Å². The van der Waals surface area contributed by atoms with Gasteiger partial charge in [-0.2, -0.15) is 18.4 Å². The summed E-state index contributed by atoms with van der Waals surface area (Å²) >= 11 is 7.67. The van der Waals surface area contributed by atoms with Crippen molar-refractivity contribution in [3.63, 3.8) is 0 Å². The number of benzene rings is 2. The van der Waals surface area contributed by atoms with Gasteiger partial charge < -0.3 is 4.90 Å². The van der Waals surface area contributed by atoms with Crippen LogP contribution in [0.4, 0.5) is 19.0 Å². The molecule has 1 saturated heterocycles. The molecule has 7 rings (SSSR count). The minimum atomic E-state index is -4.29. The van der Waals surface area contributed by atoms with Crippen molar-refractivity contribution in [1.82, 2.24) is 29.1 Å². The molecule has 1 fully saturated rings. The van der Waals surface area contributed by atoms with Crippen molar-refractivity contribution in [3.05, 3.63) is 110 Å². The standard InChI is InChI=1S/C41H34ClF3N8O4S2/c1-24-7-4-5-9-34(24)59(56,57)50-39(54)32-22-58-37-29(12-15-47-36(32)37)30-19-27(42)11-10-26(30)8-6-16-53-25(2)49-33-21-48-38(31(20-46)35(33)40(53)55)51(3)28-13-17-52(18-14-28)23-41(43,44)45/h4-5,7,9-12,15,19,21-22,28H,13-14,16-18,23H2,1-3H3,(H,50,54). The van der Waals surface area contributed by atoms with Gasteiger partial charge in [0.05, 0.1) is 50.9 Å². The lowest BCUT2D eigenvalue weighted by atomic mass is 10.00. The highest BCUT2D eigenvalue weighted by molar-refractivity contribution is 7.90. The summed E-state index contributed by atoms with van der Waals surface area (Å²) < 4.78 is 69.2. The summed E-state index contributed by atoms with van der Waals surface area (Å²) in [4.78, 5) is 43.9. The van der Waals surface area contributed by atoms with Gasteiger partial charge in [0.15, 0.2) is 0 Å². The van der Waals surface area contributed by atoms with Crippen LogP contribution in [0.15, 0.2) is 76.0 Å². The number of aromatic nitrogens is 4. The SMILES string of the molecule is Cc1ccccc1S(=O)(=O)NC(=O)c1csc2c(-c3cc(Cl)ccc3C#CCn3c(C)nc4cnc(N(C)C5CCN(CC(F)(F)F)CC5)c(C#N)c4c3=O)ccnc12. The molecule has 1 aliphatic heterocycles. The lowest BCUT2D eigenvalue weighted by Gasteiger charge is -2.37. The second-order valence-electron chi connectivity index (χ2n) is 14.0. The summed E-state index contributed by atoms with van der Waals surface area (Å²) in [5, 5.41) is 12.3. The molecule has 12 nitrogen and oxygen atoms in total. The van der Waals surface area contributed by atoms with Crippen LogP contribution in [0.3, 0.4) is 0 Å². The van der Waals surface area contributed by atoms with Crippen LogP contribution >= 0.6 is 22.9 Å². The first-order valence-corrected chi connectivity index (χ1v) is 20.9. The van der Waals surface area contributed by atoms with E-state index in [1.807, 2.05) is 0 Å². The van der Waals surface area contributed by atoms with Crippen LogP contribution in [-0.4, -0.2) is 77.6 Å². The third kappa shape index (κ3) is 8.51. The Labute approximate surface area is 346 Å². The molecule has 0 radical (unpaired) electrons. The van der Waals surface area contributed by atoms with E-state index in [4.69, 9.17) is 11.6 Å². The van der Waals surface area contributed by atoms with E-state index in [1.165, 1.54) is 44.6 Å². The van der Waals surface area contributed by atoms with E-state index in [1.54, 1.807) is 68.3 Å². The highest BCUT2D eigenvalue weighted by Crippen LogP contribution is 2.37. The van der Waals surface area contributed by atoms with E-state index < -0.39 is 34.2 Å². The molecule has 18 heteroatoms. The number of carbonyl (C=O) groups is 1. The molecule has 0 saturated carbocycles. The topological polar surface area (TPSA) is 154 Å². The van der Waals surface area contributed by atoms with Gasteiger partial charge in [-0.15, -0.1) is 11.3 Å². The summed E-state index contributed by atoms with van der Waals surface area (Å²) in [6.07, 6.45) is -0.530. The van der Waals surface area contributed by atoms with E-state index >= 15 is 0 Å². The molecule has 0 spiro atoms.